The number of rotatable bonds is 43. The molecule has 0 aromatic heterocycles. The number of carbonyl (C=O) groups is 1. The van der Waals surface area contributed by atoms with Gasteiger partial charge in [-0.1, -0.05) is 192 Å². The Bertz CT molecular complexity index is 1230. The van der Waals surface area contributed by atoms with E-state index in [1.165, 1.54) is 116 Å². The van der Waals surface area contributed by atoms with E-state index in [0.29, 0.717) is 13.0 Å². The van der Waals surface area contributed by atoms with Crippen LogP contribution in [0.1, 0.15) is 206 Å². The van der Waals surface area contributed by atoms with E-state index < -0.39 is 59.8 Å². The molecule has 1 rings (SSSR count). The van der Waals surface area contributed by atoms with Crippen LogP contribution in [0.15, 0.2) is 36.5 Å². The fraction of sp³-hybridized carbons (Fsp3) is 0.857. The molecule has 1 aliphatic heterocycles. The van der Waals surface area contributed by atoms with Crippen LogP contribution in [0.2, 0.25) is 0 Å². The molecule has 1 saturated heterocycles. The Morgan fingerprint density at radius 3 is 1.63 bits per heavy atom. The number of hydrogen-bond acceptors (Lipinski definition) is 11. The molecule has 0 bridgehead atoms. The molecule has 1 fully saturated rings. The van der Waals surface area contributed by atoms with Crippen LogP contribution in [0.25, 0.3) is 0 Å². The molecule has 12 nitrogen and oxygen atoms in total. The molecule has 6 atom stereocenters. The lowest BCUT2D eigenvalue weighted by Crippen LogP contribution is -2.60. The predicted octanol–water partition coefficient (Wildman–Crippen LogP) is 11.0. The van der Waals surface area contributed by atoms with Crippen LogP contribution in [-0.2, 0) is 38.3 Å². The van der Waals surface area contributed by atoms with Crippen molar-refractivity contribution < 1.29 is 56.2 Å². The normalized spacial score (nSPS) is 20.3. The molecule has 0 aromatic carbocycles. The minimum Gasteiger partial charge on any atom is -0.457 e. The first-order chi connectivity index (χ1) is 30.1. The molecule has 0 saturated carbocycles. The molecule has 0 amide bonds. The van der Waals surface area contributed by atoms with Crippen LogP contribution in [0.4, 0.5) is 0 Å². The third-order valence-corrected chi connectivity index (χ3v) is 11.7. The second-order valence-electron chi connectivity index (χ2n) is 17.0. The standard InChI is InChI=1S/C49H90O12S/c1-3-5-7-9-11-13-15-17-19-21-23-25-27-29-31-33-35-37-39-57-41-43(42-58-49-47(53)48(61-62(54,55)56)46(52)44(40-50)60-49)59-45(51)38-36-34-32-30-28-26-24-22-20-18-16-14-12-10-8-6-4-2/h5,7,11,13,17,19,43-44,46-50,52-53H,3-4,6,8-10,12,14-16,18,20-42H2,1-2H3,(H,54,55,56)/b7-5-,13-11-,19-17-. The highest BCUT2D eigenvalue weighted by atomic mass is 32.3. The van der Waals surface area contributed by atoms with Gasteiger partial charge in [0.2, 0.25) is 0 Å². The number of aliphatic hydroxyl groups excluding tert-OH is 3. The van der Waals surface area contributed by atoms with Crippen molar-refractivity contribution in [3.8, 4) is 0 Å². The first-order valence-corrected chi connectivity index (χ1v) is 26.1. The third kappa shape index (κ3) is 33.8. The van der Waals surface area contributed by atoms with Gasteiger partial charge in [0.1, 0.15) is 30.5 Å². The summed E-state index contributed by atoms with van der Waals surface area (Å²) < 4.78 is 59.2. The fourth-order valence-corrected chi connectivity index (χ4v) is 8.08. The van der Waals surface area contributed by atoms with Gasteiger partial charge in [0.05, 0.1) is 19.8 Å². The number of hydrogen-bond donors (Lipinski definition) is 4. The zero-order valence-corrected chi connectivity index (χ0v) is 39.7. The maximum atomic E-state index is 12.9. The first-order valence-electron chi connectivity index (χ1n) is 24.7. The molecule has 364 valence electrons. The largest absolute Gasteiger partial charge is 0.457 e. The average Bonchev–Trinajstić information content (AvgIpc) is 3.24. The summed E-state index contributed by atoms with van der Waals surface area (Å²) in [5.74, 6) is -0.399. The first kappa shape index (κ1) is 58.3. The summed E-state index contributed by atoms with van der Waals surface area (Å²) in [4.78, 5) is 12.9. The van der Waals surface area contributed by atoms with Crippen molar-refractivity contribution in [2.75, 3.05) is 26.4 Å². The maximum absolute atomic E-state index is 12.9. The SMILES string of the molecule is CC/C=C\C/C=C\C/C=C\CCCCCCCCCCOCC(COC1OC(CO)C(O)C(OS(=O)(=O)O)C1O)OC(=O)CCCCCCCCCCCCCCCCCCC. The van der Waals surface area contributed by atoms with Crippen LogP contribution in [0, 0.1) is 0 Å². The second kappa shape index (κ2) is 40.8. The number of unbranched alkanes of at least 4 members (excludes halogenated alkanes) is 24. The summed E-state index contributed by atoms with van der Waals surface area (Å²) in [6.07, 6.45) is 38.9. The molecule has 6 unspecified atom stereocenters. The lowest BCUT2D eigenvalue weighted by Gasteiger charge is -2.41. The quantitative estimate of drug-likeness (QED) is 0.0197. The fourth-order valence-electron chi connectivity index (χ4n) is 7.57. The summed E-state index contributed by atoms with van der Waals surface area (Å²) in [5, 5.41) is 30.7. The van der Waals surface area contributed by atoms with Gasteiger partial charge in [-0.05, 0) is 44.9 Å². The molecular formula is C49H90O12S. The van der Waals surface area contributed by atoms with Crippen LogP contribution in [0.5, 0.6) is 0 Å². The molecule has 4 N–H and O–H groups in total. The maximum Gasteiger partial charge on any atom is 0.397 e. The van der Waals surface area contributed by atoms with Crippen molar-refractivity contribution in [1.82, 2.24) is 0 Å². The third-order valence-electron chi connectivity index (χ3n) is 11.3. The molecule has 0 spiro atoms. The van der Waals surface area contributed by atoms with E-state index in [2.05, 4.69) is 54.5 Å². The van der Waals surface area contributed by atoms with Gasteiger partial charge in [0, 0.05) is 13.0 Å². The summed E-state index contributed by atoms with van der Waals surface area (Å²) in [7, 11) is -5.06. The zero-order chi connectivity index (χ0) is 45.4. The molecule has 62 heavy (non-hydrogen) atoms. The summed E-state index contributed by atoms with van der Waals surface area (Å²) in [6, 6.07) is 0. The Kier molecular flexibility index (Phi) is 38.4. The molecule has 1 aliphatic rings. The Labute approximate surface area is 377 Å². The Balaban J connectivity index is 2.38. The Morgan fingerprint density at radius 1 is 0.629 bits per heavy atom. The van der Waals surface area contributed by atoms with Crippen molar-refractivity contribution >= 4 is 16.4 Å². The van der Waals surface area contributed by atoms with E-state index in [4.69, 9.17) is 18.9 Å². The van der Waals surface area contributed by atoms with Gasteiger partial charge in [0.25, 0.3) is 0 Å². The van der Waals surface area contributed by atoms with E-state index in [-0.39, 0.29) is 19.6 Å². The number of esters is 1. The van der Waals surface area contributed by atoms with E-state index in [9.17, 15) is 33.1 Å². The van der Waals surface area contributed by atoms with E-state index >= 15 is 0 Å². The van der Waals surface area contributed by atoms with Gasteiger partial charge in [-0.25, -0.2) is 4.18 Å². The van der Waals surface area contributed by atoms with E-state index in [1.54, 1.807) is 0 Å². The molecule has 1 heterocycles. The van der Waals surface area contributed by atoms with Gasteiger partial charge < -0.3 is 34.3 Å². The number of aliphatic hydroxyl groups is 3. The summed E-state index contributed by atoms with van der Waals surface area (Å²) in [5.41, 5.74) is 0. The zero-order valence-electron chi connectivity index (χ0n) is 38.9. The van der Waals surface area contributed by atoms with Gasteiger partial charge in [-0.3, -0.25) is 9.35 Å². The molecule has 13 heteroatoms. The van der Waals surface area contributed by atoms with E-state index in [1.807, 2.05) is 0 Å². The van der Waals surface area contributed by atoms with Crippen LogP contribution < -0.4 is 0 Å². The monoisotopic (exact) mass is 903 g/mol. The second-order valence-corrected chi connectivity index (χ2v) is 18.1. The summed E-state index contributed by atoms with van der Waals surface area (Å²) in [6.45, 7) is 3.89. The lowest BCUT2D eigenvalue weighted by molar-refractivity contribution is -0.301. The lowest BCUT2D eigenvalue weighted by atomic mass is 9.99. The van der Waals surface area contributed by atoms with Crippen LogP contribution in [0.3, 0.4) is 0 Å². The van der Waals surface area contributed by atoms with Crippen molar-refractivity contribution in [2.45, 2.75) is 243 Å². The van der Waals surface area contributed by atoms with Crippen LogP contribution in [-0.4, -0.2) is 97.5 Å². The van der Waals surface area contributed by atoms with Crippen molar-refractivity contribution in [2.24, 2.45) is 0 Å². The van der Waals surface area contributed by atoms with E-state index in [0.717, 1.165) is 64.2 Å². The predicted molar refractivity (Wildman–Crippen MR) is 248 cm³/mol. The van der Waals surface area contributed by atoms with Gasteiger partial charge >= 0.3 is 16.4 Å². The Hall–Kier alpha value is -1.68. The molecule has 0 aliphatic carbocycles. The molecule has 0 aromatic rings. The Morgan fingerprint density at radius 2 is 1.11 bits per heavy atom. The molecular weight excluding hydrogens is 813 g/mol. The minimum atomic E-state index is -5.06. The highest BCUT2D eigenvalue weighted by Gasteiger charge is 2.48. The van der Waals surface area contributed by atoms with Crippen molar-refractivity contribution in [3.63, 3.8) is 0 Å². The highest BCUT2D eigenvalue weighted by Crippen LogP contribution is 2.26. The minimum absolute atomic E-state index is 0.0334. The average molecular weight is 903 g/mol. The van der Waals surface area contributed by atoms with Gasteiger partial charge in [-0.15, -0.1) is 0 Å². The highest BCUT2D eigenvalue weighted by molar-refractivity contribution is 7.80. The van der Waals surface area contributed by atoms with Crippen LogP contribution >= 0.6 is 0 Å². The van der Waals surface area contributed by atoms with Crippen molar-refractivity contribution in [1.29, 1.82) is 0 Å². The molecule has 0 radical (unpaired) electrons. The number of allylic oxidation sites excluding steroid dienone is 6. The number of ether oxygens (including phenoxy) is 4. The van der Waals surface area contributed by atoms with Crippen molar-refractivity contribution in [3.05, 3.63) is 36.5 Å². The van der Waals surface area contributed by atoms with Gasteiger partial charge in [0.15, 0.2) is 6.29 Å². The topological polar surface area (TPSA) is 178 Å². The smallest absolute Gasteiger partial charge is 0.397 e. The van der Waals surface area contributed by atoms with Gasteiger partial charge in [-0.2, -0.15) is 8.42 Å². The summed E-state index contributed by atoms with van der Waals surface area (Å²) >= 11 is 0. The number of carbonyl (C=O) groups excluding carboxylic acids is 1.